The Morgan fingerprint density at radius 2 is 1.67 bits per heavy atom. The maximum absolute atomic E-state index is 3.67. The van der Waals surface area contributed by atoms with E-state index >= 15 is 0 Å². The summed E-state index contributed by atoms with van der Waals surface area (Å²) in [6, 6.07) is 10.7. The number of rotatable bonds is 1. The van der Waals surface area contributed by atoms with Crippen LogP contribution in [-0.4, -0.2) is 4.57 Å². The molecule has 0 atom stereocenters. The van der Waals surface area contributed by atoms with Crippen LogP contribution in [0.2, 0.25) is 0 Å². The van der Waals surface area contributed by atoms with Gasteiger partial charge in [-0.25, -0.2) is 0 Å². The van der Waals surface area contributed by atoms with Crippen LogP contribution in [0.5, 0.6) is 0 Å². The fourth-order valence-corrected chi connectivity index (χ4v) is 4.25. The third-order valence-electron chi connectivity index (χ3n) is 3.15. The van der Waals surface area contributed by atoms with E-state index in [0.717, 1.165) is 20.0 Å². The van der Waals surface area contributed by atoms with Crippen LogP contribution in [0, 0.1) is 0 Å². The van der Waals surface area contributed by atoms with Crippen LogP contribution >= 0.6 is 47.8 Å². The van der Waals surface area contributed by atoms with Crippen LogP contribution in [0.4, 0.5) is 0 Å². The lowest BCUT2D eigenvalue weighted by atomic mass is 10.2. The van der Waals surface area contributed by atoms with Crippen LogP contribution in [-0.2, 0) is 6.54 Å². The Morgan fingerprint density at radius 3 is 2.39 bits per heavy atom. The molecule has 0 radical (unpaired) electrons. The zero-order chi connectivity index (χ0) is 12.9. The third-order valence-corrected chi connectivity index (χ3v) is 4.71. The molecule has 0 fully saturated rings. The third kappa shape index (κ3) is 1.86. The molecule has 0 bridgehead atoms. The molecule has 3 rings (SSSR count). The number of aromatic nitrogens is 1. The quantitative estimate of drug-likeness (QED) is 0.438. The van der Waals surface area contributed by atoms with Crippen molar-refractivity contribution in [2.24, 2.45) is 0 Å². The van der Waals surface area contributed by atoms with Crippen molar-refractivity contribution < 1.29 is 0 Å². The smallest absolute Gasteiger partial charge is 0.0636 e. The number of hydrogen-bond donors (Lipinski definition) is 0. The summed E-state index contributed by atoms with van der Waals surface area (Å²) in [5, 5.41) is 2.55. The highest BCUT2D eigenvalue weighted by Crippen LogP contribution is 2.37. The van der Waals surface area contributed by atoms with Crippen molar-refractivity contribution >= 4 is 69.6 Å². The van der Waals surface area contributed by atoms with Gasteiger partial charge >= 0.3 is 0 Å². The van der Waals surface area contributed by atoms with Crippen LogP contribution in [0.1, 0.15) is 6.92 Å². The maximum Gasteiger partial charge on any atom is 0.0636 e. The molecule has 4 heteroatoms. The standard InChI is InChI=1S/C14H10Br3N/c1-2-18-13-4-3-8(15)5-10(13)11-6-9(16)7-12(17)14(11)18/h3-7H,2H2,1H3. The van der Waals surface area contributed by atoms with Gasteiger partial charge in [0.25, 0.3) is 0 Å². The van der Waals surface area contributed by atoms with E-state index < -0.39 is 0 Å². The Hall–Kier alpha value is -0.320. The number of nitrogens with zero attached hydrogens (tertiary/aromatic N) is 1. The predicted octanol–water partition coefficient (Wildman–Crippen LogP) is 6.10. The lowest BCUT2D eigenvalue weighted by Gasteiger charge is -2.04. The number of hydrogen-bond acceptors (Lipinski definition) is 0. The van der Waals surface area contributed by atoms with Crippen molar-refractivity contribution in [3.05, 3.63) is 43.7 Å². The fraction of sp³-hybridized carbons (Fsp3) is 0.143. The Kier molecular flexibility index (Phi) is 3.28. The van der Waals surface area contributed by atoms with Gasteiger partial charge in [0.15, 0.2) is 0 Å². The maximum atomic E-state index is 3.67. The van der Waals surface area contributed by atoms with Gasteiger partial charge in [0.2, 0.25) is 0 Å². The summed E-state index contributed by atoms with van der Waals surface area (Å²) in [5.41, 5.74) is 2.53. The number of aryl methyl sites for hydroxylation is 1. The molecule has 0 aliphatic rings. The Labute approximate surface area is 131 Å². The van der Waals surface area contributed by atoms with Gasteiger partial charge in [-0.05, 0) is 53.2 Å². The molecule has 1 nitrogen and oxygen atoms in total. The van der Waals surface area contributed by atoms with Crippen LogP contribution in [0.15, 0.2) is 43.7 Å². The van der Waals surface area contributed by atoms with Crippen molar-refractivity contribution in [3.8, 4) is 0 Å². The molecule has 0 unspecified atom stereocenters. The van der Waals surface area contributed by atoms with E-state index in [9.17, 15) is 0 Å². The molecule has 0 aliphatic heterocycles. The highest BCUT2D eigenvalue weighted by Gasteiger charge is 2.13. The molecule has 2 aromatic carbocycles. The molecule has 1 heterocycles. The summed E-state index contributed by atoms with van der Waals surface area (Å²) < 4.78 is 5.67. The second-order valence-electron chi connectivity index (χ2n) is 4.19. The largest absolute Gasteiger partial charge is 0.340 e. The van der Waals surface area contributed by atoms with Gasteiger partial charge in [-0.15, -0.1) is 0 Å². The van der Waals surface area contributed by atoms with Crippen molar-refractivity contribution in [1.82, 2.24) is 4.57 Å². The lowest BCUT2D eigenvalue weighted by Crippen LogP contribution is -1.93. The van der Waals surface area contributed by atoms with Gasteiger partial charge < -0.3 is 4.57 Å². The second-order valence-corrected chi connectivity index (χ2v) is 6.88. The predicted molar refractivity (Wildman–Crippen MR) is 88.2 cm³/mol. The summed E-state index contributed by atoms with van der Waals surface area (Å²) in [6.45, 7) is 3.14. The first-order valence-electron chi connectivity index (χ1n) is 5.68. The second kappa shape index (κ2) is 4.66. The van der Waals surface area contributed by atoms with E-state index in [1.165, 1.54) is 21.8 Å². The van der Waals surface area contributed by atoms with Crippen LogP contribution in [0.25, 0.3) is 21.8 Å². The van der Waals surface area contributed by atoms with Crippen molar-refractivity contribution in [2.45, 2.75) is 13.5 Å². The highest BCUT2D eigenvalue weighted by atomic mass is 79.9. The molecule has 0 saturated carbocycles. The molecule has 3 aromatic rings. The van der Waals surface area contributed by atoms with Crippen LogP contribution in [0.3, 0.4) is 0 Å². The molecule has 0 N–H and O–H groups in total. The van der Waals surface area contributed by atoms with E-state index in [1.54, 1.807) is 0 Å². The number of benzene rings is 2. The minimum Gasteiger partial charge on any atom is -0.340 e. The van der Waals surface area contributed by atoms with E-state index in [-0.39, 0.29) is 0 Å². The van der Waals surface area contributed by atoms with E-state index in [4.69, 9.17) is 0 Å². The molecule has 1 aromatic heterocycles. The molecule has 92 valence electrons. The minimum atomic E-state index is 0.960. The van der Waals surface area contributed by atoms with Crippen molar-refractivity contribution in [3.63, 3.8) is 0 Å². The molecule has 18 heavy (non-hydrogen) atoms. The summed E-state index contributed by atoms with van der Waals surface area (Å²) in [4.78, 5) is 0. The molecule has 0 saturated heterocycles. The van der Waals surface area contributed by atoms with Crippen molar-refractivity contribution in [1.29, 1.82) is 0 Å². The highest BCUT2D eigenvalue weighted by molar-refractivity contribution is 9.11. The van der Waals surface area contributed by atoms with Gasteiger partial charge in [0, 0.05) is 36.3 Å². The average Bonchev–Trinajstić information content (AvgIpc) is 2.63. The zero-order valence-corrected chi connectivity index (χ0v) is 14.4. The first-order chi connectivity index (χ1) is 8.61. The first-order valence-corrected chi connectivity index (χ1v) is 8.06. The zero-order valence-electron chi connectivity index (χ0n) is 9.67. The Balaban J connectivity index is 2.61. The summed E-state index contributed by atoms with van der Waals surface area (Å²) >= 11 is 10.8. The SMILES string of the molecule is CCn1c2ccc(Br)cc2c2cc(Br)cc(Br)c21. The van der Waals surface area contributed by atoms with Gasteiger partial charge in [0.1, 0.15) is 0 Å². The lowest BCUT2D eigenvalue weighted by molar-refractivity contribution is 0.825. The normalized spacial score (nSPS) is 11.6. The topological polar surface area (TPSA) is 4.93 Å². The average molecular weight is 432 g/mol. The molecule has 0 aliphatic carbocycles. The van der Waals surface area contributed by atoms with Gasteiger partial charge in [-0.3, -0.25) is 0 Å². The van der Waals surface area contributed by atoms with Gasteiger partial charge in [-0.2, -0.15) is 0 Å². The molecule has 0 spiro atoms. The van der Waals surface area contributed by atoms with Crippen molar-refractivity contribution in [2.75, 3.05) is 0 Å². The summed E-state index contributed by atoms with van der Waals surface area (Å²) in [6.07, 6.45) is 0. The number of fused-ring (bicyclic) bond motifs is 3. The van der Waals surface area contributed by atoms with Gasteiger partial charge in [0.05, 0.1) is 5.52 Å². The Bertz CT molecular complexity index is 759. The summed E-state index contributed by atoms with van der Waals surface area (Å²) in [7, 11) is 0. The van der Waals surface area contributed by atoms with E-state index in [2.05, 4.69) is 89.6 Å². The fourth-order valence-electron chi connectivity index (χ4n) is 2.45. The number of halogens is 3. The molecular weight excluding hydrogens is 422 g/mol. The van der Waals surface area contributed by atoms with Crippen LogP contribution < -0.4 is 0 Å². The first kappa shape index (κ1) is 12.7. The summed E-state index contributed by atoms with van der Waals surface area (Å²) in [5.74, 6) is 0. The minimum absolute atomic E-state index is 0.960. The molecular formula is C14H10Br3N. The van der Waals surface area contributed by atoms with Gasteiger partial charge in [-0.1, -0.05) is 31.9 Å². The van der Waals surface area contributed by atoms with E-state index in [1.807, 2.05) is 0 Å². The monoisotopic (exact) mass is 429 g/mol. The van der Waals surface area contributed by atoms with E-state index in [0.29, 0.717) is 0 Å². The Morgan fingerprint density at radius 1 is 0.944 bits per heavy atom. The molecule has 0 amide bonds.